The van der Waals surface area contributed by atoms with Gasteiger partial charge in [-0.05, 0) is 51.8 Å². The lowest BCUT2D eigenvalue weighted by molar-refractivity contribution is -0.129. The van der Waals surface area contributed by atoms with Gasteiger partial charge < -0.3 is 5.32 Å². The van der Waals surface area contributed by atoms with Crippen LogP contribution in [0.15, 0.2) is 83.3 Å². The number of halogens is 2. The van der Waals surface area contributed by atoms with Crippen molar-refractivity contribution in [3.8, 4) is 0 Å². The molecule has 7 heteroatoms. The van der Waals surface area contributed by atoms with Crippen molar-refractivity contribution >= 4 is 27.9 Å². The Hall–Kier alpha value is -3.03. The molecule has 1 N–H and O–H groups in total. The zero-order valence-electron chi connectivity index (χ0n) is 16.8. The van der Waals surface area contributed by atoms with Crippen LogP contribution >= 0.6 is 15.9 Å². The minimum Gasteiger partial charge on any atom is -0.322 e. The average molecular weight is 482 g/mol. The summed E-state index contributed by atoms with van der Waals surface area (Å²) in [6.45, 7) is 0.109. The summed E-state index contributed by atoms with van der Waals surface area (Å²) in [5.74, 6) is -0.791. The summed E-state index contributed by atoms with van der Waals surface area (Å²) in [5.41, 5.74) is 2.64. The molecule has 0 unspecified atom stereocenters. The molecular weight excluding hydrogens is 461 g/mol. The predicted octanol–water partition coefficient (Wildman–Crippen LogP) is 4.86. The summed E-state index contributed by atoms with van der Waals surface area (Å²) in [7, 11) is 1.88. The molecule has 1 fully saturated rings. The van der Waals surface area contributed by atoms with Crippen molar-refractivity contribution in [2.24, 2.45) is 0 Å². The third-order valence-corrected chi connectivity index (χ3v) is 5.95. The van der Waals surface area contributed by atoms with Gasteiger partial charge in [0.25, 0.3) is 5.91 Å². The summed E-state index contributed by atoms with van der Waals surface area (Å²) >= 11 is 3.13. The zero-order valence-corrected chi connectivity index (χ0v) is 18.4. The quantitative estimate of drug-likeness (QED) is 0.511. The number of hydrogen-bond donors (Lipinski definition) is 1. The van der Waals surface area contributed by atoms with Crippen LogP contribution in [0.25, 0.3) is 0 Å². The van der Waals surface area contributed by atoms with E-state index in [2.05, 4.69) is 21.2 Å². The molecule has 1 heterocycles. The lowest BCUT2D eigenvalue weighted by Gasteiger charge is -2.31. The number of benzene rings is 3. The molecule has 1 atom stereocenters. The summed E-state index contributed by atoms with van der Waals surface area (Å²) in [6.07, 6.45) is 0. The van der Waals surface area contributed by atoms with Crippen LogP contribution in [-0.2, 0) is 4.79 Å². The molecule has 31 heavy (non-hydrogen) atoms. The number of carbonyl (C=O) groups excluding carboxylic acids is 2. The summed E-state index contributed by atoms with van der Waals surface area (Å²) in [5, 5.41) is 2.71. The van der Waals surface area contributed by atoms with E-state index in [4.69, 9.17) is 0 Å². The highest BCUT2D eigenvalue weighted by Gasteiger charge is 2.40. The number of carbonyl (C=O) groups is 2. The first-order valence-corrected chi connectivity index (χ1v) is 10.6. The van der Waals surface area contributed by atoms with Crippen LogP contribution < -0.4 is 5.32 Å². The molecule has 1 aliphatic heterocycles. The van der Waals surface area contributed by atoms with E-state index in [0.29, 0.717) is 5.56 Å². The largest absolute Gasteiger partial charge is 0.326 e. The molecule has 0 spiro atoms. The topological polar surface area (TPSA) is 52.6 Å². The minimum atomic E-state index is -0.843. The Balaban J connectivity index is 1.58. The molecule has 4 rings (SSSR count). The van der Waals surface area contributed by atoms with Crippen LogP contribution in [0.5, 0.6) is 0 Å². The van der Waals surface area contributed by atoms with Crippen LogP contribution in [0.2, 0.25) is 0 Å². The molecule has 0 aromatic heterocycles. The Morgan fingerprint density at radius 1 is 1.00 bits per heavy atom. The maximum atomic E-state index is 13.6. The van der Waals surface area contributed by atoms with Crippen LogP contribution in [0, 0.1) is 5.82 Å². The Bertz CT molecular complexity index is 1050. The first-order valence-electron chi connectivity index (χ1n) is 9.82. The number of amides is 3. The Morgan fingerprint density at radius 2 is 1.58 bits per heavy atom. The van der Waals surface area contributed by atoms with Gasteiger partial charge in [-0.3, -0.25) is 9.69 Å². The van der Waals surface area contributed by atoms with E-state index in [1.807, 2.05) is 72.6 Å². The zero-order chi connectivity index (χ0) is 22.0. The van der Waals surface area contributed by atoms with Gasteiger partial charge in [-0.15, -0.1) is 0 Å². The van der Waals surface area contributed by atoms with Gasteiger partial charge in [0.1, 0.15) is 11.9 Å². The van der Waals surface area contributed by atoms with Gasteiger partial charge in [0.15, 0.2) is 0 Å². The molecule has 0 saturated carbocycles. The first-order chi connectivity index (χ1) is 15.0. The number of nitrogens with one attached hydrogen (secondary N) is 1. The van der Waals surface area contributed by atoms with Crippen LogP contribution in [-0.4, -0.2) is 35.5 Å². The molecule has 3 amide bonds. The van der Waals surface area contributed by atoms with E-state index in [9.17, 15) is 14.0 Å². The summed E-state index contributed by atoms with van der Waals surface area (Å²) in [4.78, 5) is 28.8. The van der Waals surface area contributed by atoms with Gasteiger partial charge in [-0.1, -0.05) is 66.7 Å². The highest BCUT2D eigenvalue weighted by atomic mass is 79.9. The van der Waals surface area contributed by atoms with Crippen LogP contribution in [0.1, 0.15) is 28.8 Å². The standard InChI is InChI=1S/C24H21BrFN3O2/c1-28(22(16-8-4-2-5-9-16)17-10-6-3-7-11-17)15-29-23(30)21(27-24(29)31)18-12-13-20(26)19(25)14-18/h2-14,21-22H,15H2,1H3,(H,27,31)/t21-/m0/s1. The van der Waals surface area contributed by atoms with E-state index >= 15 is 0 Å². The fourth-order valence-corrected chi connectivity index (χ4v) is 4.24. The molecular formula is C24H21BrFN3O2. The maximum Gasteiger partial charge on any atom is 0.326 e. The maximum absolute atomic E-state index is 13.6. The van der Waals surface area contributed by atoms with Crippen molar-refractivity contribution in [2.75, 3.05) is 13.7 Å². The third-order valence-electron chi connectivity index (χ3n) is 5.34. The van der Waals surface area contributed by atoms with Gasteiger partial charge >= 0.3 is 6.03 Å². The third kappa shape index (κ3) is 4.38. The smallest absolute Gasteiger partial charge is 0.322 e. The second-order valence-electron chi connectivity index (χ2n) is 7.44. The van der Waals surface area contributed by atoms with Gasteiger partial charge in [-0.2, -0.15) is 0 Å². The lowest BCUT2D eigenvalue weighted by atomic mass is 9.98. The molecule has 0 aliphatic carbocycles. The van der Waals surface area contributed by atoms with E-state index in [0.717, 1.165) is 11.1 Å². The molecule has 5 nitrogen and oxygen atoms in total. The molecule has 3 aromatic rings. The van der Waals surface area contributed by atoms with Crippen molar-refractivity contribution < 1.29 is 14.0 Å². The molecule has 3 aromatic carbocycles. The first kappa shape index (κ1) is 21.2. The van der Waals surface area contributed by atoms with Gasteiger partial charge in [0.05, 0.1) is 17.2 Å². The van der Waals surface area contributed by atoms with E-state index < -0.39 is 17.9 Å². The Labute approximate surface area is 188 Å². The minimum absolute atomic E-state index is 0.109. The van der Waals surface area contributed by atoms with Crippen molar-refractivity contribution in [1.82, 2.24) is 15.1 Å². The number of urea groups is 1. The van der Waals surface area contributed by atoms with Crippen molar-refractivity contribution in [1.29, 1.82) is 0 Å². The Morgan fingerprint density at radius 3 is 2.13 bits per heavy atom. The predicted molar refractivity (Wildman–Crippen MR) is 120 cm³/mol. The molecule has 1 saturated heterocycles. The fourth-order valence-electron chi connectivity index (χ4n) is 3.85. The molecule has 158 valence electrons. The lowest BCUT2D eigenvalue weighted by Crippen LogP contribution is -2.41. The van der Waals surface area contributed by atoms with Crippen LogP contribution in [0.4, 0.5) is 9.18 Å². The number of nitrogens with zero attached hydrogens (tertiary/aromatic N) is 2. The van der Waals surface area contributed by atoms with Crippen molar-refractivity contribution in [3.63, 3.8) is 0 Å². The molecule has 0 radical (unpaired) electrons. The number of rotatable bonds is 6. The monoisotopic (exact) mass is 481 g/mol. The van der Waals surface area contributed by atoms with Gasteiger partial charge in [0.2, 0.25) is 0 Å². The second-order valence-corrected chi connectivity index (χ2v) is 8.30. The van der Waals surface area contributed by atoms with E-state index in [1.165, 1.54) is 23.1 Å². The SMILES string of the molecule is CN(CN1C(=O)N[C@@H](c2ccc(F)c(Br)c2)C1=O)C(c1ccccc1)c1ccccc1. The second kappa shape index (κ2) is 8.99. The summed E-state index contributed by atoms with van der Waals surface area (Å²) in [6, 6.07) is 22.7. The van der Waals surface area contributed by atoms with Gasteiger partial charge in [-0.25, -0.2) is 14.1 Å². The van der Waals surface area contributed by atoms with Crippen LogP contribution in [0.3, 0.4) is 0 Å². The van der Waals surface area contributed by atoms with E-state index in [-0.39, 0.29) is 23.1 Å². The molecule has 0 bridgehead atoms. The highest BCUT2D eigenvalue weighted by Crippen LogP contribution is 2.30. The number of imide groups is 1. The highest BCUT2D eigenvalue weighted by molar-refractivity contribution is 9.10. The molecule has 1 aliphatic rings. The fraction of sp³-hybridized carbons (Fsp3) is 0.167. The normalized spacial score (nSPS) is 16.3. The van der Waals surface area contributed by atoms with Gasteiger partial charge in [0, 0.05) is 0 Å². The van der Waals surface area contributed by atoms with Crippen molar-refractivity contribution in [3.05, 3.63) is 106 Å². The van der Waals surface area contributed by atoms with E-state index in [1.54, 1.807) is 0 Å². The summed E-state index contributed by atoms with van der Waals surface area (Å²) < 4.78 is 13.8. The average Bonchev–Trinajstić information content (AvgIpc) is 3.05. The van der Waals surface area contributed by atoms with Crippen molar-refractivity contribution in [2.45, 2.75) is 12.1 Å². The Kier molecular flexibility index (Phi) is 6.15. The number of hydrogen-bond acceptors (Lipinski definition) is 3.